The molecule has 140 valence electrons. The highest BCUT2D eigenvalue weighted by Crippen LogP contribution is 2.51. The van der Waals surface area contributed by atoms with Crippen LogP contribution in [0.15, 0.2) is 22.3 Å². The number of rotatable bonds is 3. The Hall–Kier alpha value is -2.31. The number of aliphatic imine (C=N–C) groups is 1. The first-order valence-corrected chi connectivity index (χ1v) is 7.41. The molecule has 1 aliphatic rings. The van der Waals surface area contributed by atoms with Crippen molar-refractivity contribution in [1.82, 2.24) is 0 Å². The lowest BCUT2D eigenvalue weighted by atomic mass is 10.1. The number of amidine groups is 1. The minimum Gasteiger partial charge on any atom is -0.384 e. The van der Waals surface area contributed by atoms with Crippen LogP contribution in [0.25, 0.3) is 0 Å². The molecule has 15 heteroatoms. The third-order valence-electron chi connectivity index (χ3n) is 3.08. The van der Waals surface area contributed by atoms with Crippen LogP contribution in [0.2, 0.25) is 5.02 Å². The third kappa shape index (κ3) is 3.48. The van der Waals surface area contributed by atoms with E-state index >= 15 is 0 Å². The van der Waals surface area contributed by atoms with Crippen LogP contribution in [0.5, 0.6) is 0 Å². The fourth-order valence-corrected chi connectivity index (χ4v) is 3.07. The predicted octanol–water partition coefficient (Wildman–Crippen LogP) is 3.96. The summed E-state index contributed by atoms with van der Waals surface area (Å²) in [6, 6.07) is 0.0557. The Morgan fingerprint density at radius 1 is 1.23 bits per heavy atom. The van der Waals surface area contributed by atoms with E-state index in [1.807, 2.05) is 0 Å². The number of hydrogen-bond acceptors (Lipinski definition) is 7. The van der Waals surface area contributed by atoms with Crippen LogP contribution in [0.1, 0.15) is 5.56 Å². The zero-order chi connectivity index (χ0) is 20.0. The monoisotopic (exact) mass is 433 g/mol. The van der Waals surface area contributed by atoms with E-state index in [9.17, 15) is 33.4 Å². The molecule has 0 aliphatic carbocycles. The van der Waals surface area contributed by atoms with E-state index in [-0.39, 0.29) is 11.9 Å². The van der Waals surface area contributed by atoms with Gasteiger partial charge in [-0.25, -0.2) is 4.99 Å². The van der Waals surface area contributed by atoms with Gasteiger partial charge in [0.25, 0.3) is 0 Å². The molecule has 2 N–H and O–H groups in total. The van der Waals surface area contributed by atoms with E-state index in [1.54, 1.807) is 0 Å². The highest BCUT2D eigenvalue weighted by Gasteiger charge is 2.45. The van der Waals surface area contributed by atoms with Crippen molar-refractivity contribution in [1.29, 1.82) is 0 Å². The van der Waals surface area contributed by atoms with Crippen molar-refractivity contribution in [3.63, 3.8) is 0 Å². The first-order valence-electron chi connectivity index (χ1n) is 6.22. The molecule has 0 aromatic heterocycles. The summed E-state index contributed by atoms with van der Waals surface area (Å²) >= 11 is 17.3. The fourth-order valence-electron chi connectivity index (χ4n) is 2.10. The van der Waals surface area contributed by atoms with E-state index in [0.29, 0.717) is 4.90 Å². The van der Waals surface area contributed by atoms with Gasteiger partial charge in [0.05, 0.1) is 15.4 Å². The van der Waals surface area contributed by atoms with Crippen molar-refractivity contribution < 1.29 is 23.0 Å². The van der Waals surface area contributed by atoms with Gasteiger partial charge in [-0.05, 0) is 0 Å². The van der Waals surface area contributed by atoms with Crippen molar-refractivity contribution in [2.45, 2.75) is 11.8 Å². The Morgan fingerprint density at radius 3 is 2.23 bits per heavy atom. The second-order valence-electron chi connectivity index (χ2n) is 4.67. The molecule has 0 saturated heterocycles. The number of halogens is 6. The van der Waals surface area contributed by atoms with Crippen LogP contribution in [-0.2, 0) is 6.18 Å². The molecule has 1 unspecified atom stereocenters. The summed E-state index contributed by atoms with van der Waals surface area (Å²) in [5, 5.41) is 20.8. The van der Waals surface area contributed by atoms with E-state index < -0.39 is 54.5 Å². The van der Waals surface area contributed by atoms with Crippen LogP contribution in [0, 0.1) is 20.2 Å². The highest BCUT2D eigenvalue weighted by atomic mass is 35.5. The van der Waals surface area contributed by atoms with E-state index in [4.69, 9.17) is 40.5 Å². The largest absolute Gasteiger partial charge is 0.418 e. The number of nitrogens with two attached hydrogens (primary N) is 1. The minimum absolute atomic E-state index is 0.0557. The van der Waals surface area contributed by atoms with Crippen LogP contribution in [0.4, 0.5) is 30.2 Å². The molecule has 1 heterocycles. The second kappa shape index (κ2) is 6.78. The van der Waals surface area contributed by atoms with Gasteiger partial charge in [0.1, 0.15) is 16.0 Å². The van der Waals surface area contributed by atoms with E-state index in [0.717, 1.165) is 6.08 Å². The van der Waals surface area contributed by atoms with Crippen LogP contribution < -0.4 is 10.6 Å². The summed E-state index contributed by atoms with van der Waals surface area (Å²) in [6.07, 6.45) is -4.23. The van der Waals surface area contributed by atoms with Gasteiger partial charge in [0, 0.05) is 12.1 Å². The number of nitrogens with zero attached hydrogens (tertiary/aromatic N) is 4. The van der Waals surface area contributed by atoms with Gasteiger partial charge >= 0.3 is 17.6 Å². The number of hydrogen-bond donors (Lipinski definition) is 1. The smallest absolute Gasteiger partial charge is 0.384 e. The maximum absolute atomic E-state index is 13.1. The molecule has 0 spiro atoms. The van der Waals surface area contributed by atoms with Crippen molar-refractivity contribution in [2.75, 3.05) is 4.90 Å². The summed E-state index contributed by atoms with van der Waals surface area (Å²) < 4.78 is 39.2. The molecule has 1 aliphatic heterocycles. The molecule has 0 radical (unpaired) electrons. The Labute approximate surface area is 156 Å². The molecule has 9 nitrogen and oxygen atoms in total. The molecule has 1 aromatic rings. The quantitative estimate of drug-likeness (QED) is 0.332. The number of alkyl halides is 4. The van der Waals surface area contributed by atoms with Gasteiger partial charge in [-0.15, -0.1) is 0 Å². The third-order valence-corrected chi connectivity index (χ3v) is 4.05. The van der Waals surface area contributed by atoms with E-state index in [1.165, 1.54) is 0 Å². The Kier molecular flexibility index (Phi) is 5.21. The average molecular weight is 435 g/mol. The molecular weight excluding hydrogens is 430 g/mol. The summed E-state index contributed by atoms with van der Waals surface area (Å²) in [7, 11) is 0. The molecule has 1 atom stereocenters. The Balaban J connectivity index is 2.93. The maximum atomic E-state index is 13.1. The van der Waals surface area contributed by atoms with Gasteiger partial charge in [-0.2, -0.15) is 13.2 Å². The van der Waals surface area contributed by atoms with Gasteiger partial charge in [0.15, 0.2) is 0 Å². The highest BCUT2D eigenvalue weighted by molar-refractivity contribution is 6.37. The minimum atomic E-state index is -5.18. The lowest BCUT2D eigenvalue weighted by Gasteiger charge is -2.28. The number of anilines is 1. The van der Waals surface area contributed by atoms with Crippen LogP contribution in [0.3, 0.4) is 0 Å². The van der Waals surface area contributed by atoms with Crippen molar-refractivity contribution >= 4 is 57.7 Å². The lowest BCUT2D eigenvalue weighted by Crippen LogP contribution is -2.34. The zero-order valence-electron chi connectivity index (χ0n) is 12.0. The summed E-state index contributed by atoms with van der Waals surface area (Å²) in [4.78, 5) is 24.2. The maximum Gasteiger partial charge on any atom is 0.418 e. The predicted molar refractivity (Wildman–Crippen MR) is 87.4 cm³/mol. The molecule has 0 saturated carbocycles. The molecule has 0 amide bonds. The molecule has 0 fully saturated rings. The number of nitro benzene ring substituents is 2. The average Bonchev–Trinajstić information content (AvgIpc) is 2.43. The standard InChI is InChI=1S/C11H5Cl3F3N5O4/c12-5-2-6(18)19-10(14)20(5)8-4(21(23)24)1-3(11(15,16)17)7(13)9(8)22(25)26/h1-2,10H,(H2,18,19). The van der Waals surface area contributed by atoms with Crippen molar-refractivity contribution in [2.24, 2.45) is 10.7 Å². The Morgan fingerprint density at radius 2 is 1.81 bits per heavy atom. The van der Waals surface area contributed by atoms with Crippen molar-refractivity contribution in [3.05, 3.63) is 48.1 Å². The molecule has 0 bridgehead atoms. The molecule has 2 rings (SSSR count). The first kappa shape index (κ1) is 20.0. The van der Waals surface area contributed by atoms with E-state index in [2.05, 4.69) is 4.99 Å². The zero-order valence-corrected chi connectivity index (χ0v) is 14.3. The lowest BCUT2D eigenvalue weighted by molar-refractivity contribution is -0.392. The summed E-state index contributed by atoms with van der Waals surface area (Å²) in [5.41, 5.74) is -1.61. The molecule has 26 heavy (non-hydrogen) atoms. The number of nitro groups is 2. The van der Waals surface area contributed by atoms with Gasteiger partial charge in [0.2, 0.25) is 11.3 Å². The molecular formula is C11H5Cl3F3N5O4. The summed E-state index contributed by atoms with van der Waals surface area (Å²) in [6.45, 7) is 0. The second-order valence-corrected chi connectivity index (χ2v) is 5.82. The first-order chi connectivity index (χ1) is 11.9. The topological polar surface area (TPSA) is 128 Å². The van der Waals surface area contributed by atoms with Crippen LogP contribution >= 0.6 is 34.8 Å². The molecule has 1 aromatic carbocycles. The van der Waals surface area contributed by atoms with Gasteiger partial charge in [-0.3, -0.25) is 25.1 Å². The SMILES string of the molecule is NC1=NC(Cl)N(c2c([N+](=O)[O-])cc(C(F)(F)F)c(Cl)c2[N+](=O)[O-])C(Cl)=C1. The Bertz CT molecular complexity index is 874. The normalized spacial score (nSPS) is 17.6. The fraction of sp³-hybridized carbons (Fsp3) is 0.182. The number of benzene rings is 1. The van der Waals surface area contributed by atoms with Gasteiger partial charge in [-0.1, -0.05) is 34.8 Å². The van der Waals surface area contributed by atoms with Crippen molar-refractivity contribution in [3.8, 4) is 0 Å². The van der Waals surface area contributed by atoms with Gasteiger partial charge < -0.3 is 5.73 Å². The van der Waals surface area contributed by atoms with Crippen LogP contribution in [-0.4, -0.2) is 21.3 Å². The summed E-state index contributed by atoms with van der Waals surface area (Å²) in [5.74, 6) is -0.199.